The molecule has 0 saturated carbocycles. The Hall–Kier alpha value is 1.59. The minimum atomic E-state index is -3.63. The molecule has 0 aromatic carbocycles. The van der Waals surface area contributed by atoms with Crippen molar-refractivity contribution >= 4 is 9.17 Å². The van der Waals surface area contributed by atoms with E-state index in [1.54, 1.807) is 0 Å². The smallest absolute Gasteiger partial charge is 0.672 e. The minimum absolute atomic E-state index is 0. The Balaban J connectivity index is -0.0000000450. The summed E-state index contributed by atoms with van der Waals surface area (Å²) in [5.74, 6) is 0. The molecule has 3 nitrogen and oxygen atoms in total. The Morgan fingerprint density at radius 1 is 1.33 bits per heavy atom. The van der Waals surface area contributed by atoms with E-state index in [0.29, 0.717) is 0 Å². The van der Waals surface area contributed by atoms with Crippen molar-refractivity contribution in [3.63, 3.8) is 0 Å². The van der Waals surface area contributed by atoms with Gasteiger partial charge in [-0.1, -0.05) is 0 Å². The van der Waals surface area contributed by atoms with Crippen molar-refractivity contribution in [2.24, 2.45) is 0 Å². The van der Waals surface area contributed by atoms with Crippen LogP contribution in [0.3, 0.4) is 0 Å². The van der Waals surface area contributed by atoms with Gasteiger partial charge < -0.3 is 14.1 Å². The van der Waals surface area contributed by atoms with Gasteiger partial charge in [0.1, 0.15) is 0 Å². The van der Waals surface area contributed by atoms with Crippen LogP contribution in [0, 0.1) is 0 Å². The van der Waals surface area contributed by atoms with Crippen molar-refractivity contribution < 1.29 is 72.6 Å². The summed E-state index contributed by atoms with van der Waals surface area (Å²) in [5, 5.41) is 0. The molecule has 0 aromatic rings. The molecule has 0 aliphatic rings. The Kier molecular flexibility index (Phi) is 25.5. The largest absolute Gasteiger partial charge is 3.00 e. The van der Waals surface area contributed by atoms with Crippen LogP contribution in [0.5, 0.6) is 0 Å². The zero-order chi connectivity index (χ0) is 3.58. The second kappa shape index (κ2) is 9.77. The summed E-state index contributed by atoms with van der Waals surface area (Å²) < 4.78 is 8.52. The summed E-state index contributed by atoms with van der Waals surface area (Å²) in [5.41, 5.74) is 0. The first-order chi connectivity index (χ1) is 1.73. The first kappa shape index (κ1) is 15.6. The zero-order valence-electron chi connectivity index (χ0n) is 2.88. The van der Waals surface area contributed by atoms with Gasteiger partial charge in [0.05, 0.1) is 0 Å². The monoisotopic (exact) mass is 210 g/mol. The first-order valence-corrected chi connectivity index (χ1v) is 1.84. The number of hydrogen-bond donors (Lipinski definition) is 0. The fourth-order valence-electron chi connectivity index (χ4n) is 0. The van der Waals surface area contributed by atoms with Crippen LogP contribution in [0.2, 0.25) is 0 Å². The third-order valence-electron chi connectivity index (χ3n) is 0. The Labute approximate surface area is 80.7 Å². The van der Waals surface area contributed by atoms with E-state index in [9.17, 15) is 0 Å². The van der Waals surface area contributed by atoms with Gasteiger partial charge in [0.25, 0.3) is 0 Å². The fraction of sp³-hybridized carbons (Fsp3) is 0. The van der Waals surface area contributed by atoms with Gasteiger partial charge in [0.2, 0.25) is 0 Å². The van der Waals surface area contributed by atoms with Crippen LogP contribution in [0.1, 0.15) is 0 Å². The van der Waals surface area contributed by atoms with E-state index in [-0.39, 0.29) is 58.6 Å². The van der Waals surface area contributed by atoms with Gasteiger partial charge in [-0.05, 0) is 0 Å². The number of rotatable bonds is 0. The van der Waals surface area contributed by atoms with Crippen LogP contribution >= 0.6 is 0 Å². The minimum Gasteiger partial charge on any atom is -0.672 e. The van der Waals surface area contributed by atoms with E-state index in [4.69, 9.17) is 14.1 Å². The maximum Gasteiger partial charge on any atom is 3.00 e. The van der Waals surface area contributed by atoms with Gasteiger partial charge in [-0.3, -0.25) is 0 Å². The number of hydrogen-bond acceptors (Lipinski definition) is 3. The van der Waals surface area contributed by atoms with Gasteiger partial charge >= 0.3 is 58.6 Å². The third kappa shape index (κ3) is 46.6. The molecule has 6 heteroatoms. The van der Waals surface area contributed by atoms with Crippen LogP contribution in [0.4, 0.5) is 0 Å². The van der Waals surface area contributed by atoms with Crippen molar-refractivity contribution in [1.29, 1.82) is 0 Å². The second-order valence-corrected chi connectivity index (χ2v) is 0.750. The molecule has 0 heterocycles. The maximum atomic E-state index is 8.52. The van der Waals surface area contributed by atoms with Gasteiger partial charge in [0.15, 0.2) is 0 Å². The molecule has 24 valence electrons. The normalized spacial score (nSPS) is 4.00. The van der Waals surface area contributed by atoms with E-state index in [1.165, 1.54) is 0 Å². The molecule has 0 radical (unpaired) electrons. The molecule has 0 fully saturated rings. The summed E-state index contributed by atoms with van der Waals surface area (Å²) >= 11 is 0. The van der Waals surface area contributed by atoms with Crippen LogP contribution in [-0.4, -0.2) is 9.17 Å². The van der Waals surface area contributed by atoms with Crippen LogP contribution < -0.4 is 9.59 Å². The first-order valence-electron chi connectivity index (χ1n) is 0.612. The maximum absolute atomic E-state index is 8.52. The van der Waals surface area contributed by atoms with Crippen molar-refractivity contribution in [3.05, 3.63) is 0 Å². The van der Waals surface area contributed by atoms with E-state index in [2.05, 4.69) is 0 Å². The zero-order valence-corrected chi connectivity index (χ0v) is 8.52. The quantitative estimate of drug-likeness (QED) is 0.403. The molecular formula is O3ScSiY+4. The SMILES string of the molecule is O=[Si]([O-])[O-].[Sc+3].[Y+3]. The Bertz CT molecular complexity index is 33.8. The molecule has 6 heavy (non-hydrogen) atoms. The molecule has 0 unspecified atom stereocenters. The molecular weight excluding hydrogens is 210 g/mol. The van der Waals surface area contributed by atoms with Crippen molar-refractivity contribution in [2.45, 2.75) is 0 Å². The molecule has 0 aliphatic heterocycles. The van der Waals surface area contributed by atoms with Gasteiger partial charge in [0, 0.05) is 9.17 Å². The molecule has 0 spiro atoms. The summed E-state index contributed by atoms with van der Waals surface area (Å²) in [6, 6.07) is 0. The molecule has 0 rings (SSSR count). The standard InChI is InChI=1S/O3Si.Sc.Y/c1-4(2)3;;/q-2;2*+3. The summed E-state index contributed by atoms with van der Waals surface area (Å²) in [7, 11) is -3.63. The summed E-state index contributed by atoms with van der Waals surface area (Å²) in [6.45, 7) is 0. The van der Waals surface area contributed by atoms with Gasteiger partial charge in [-0.15, -0.1) is 0 Å². The molecule has 0 N–H and O–H groups in total. The van der Waals surface area contributed by atoms with E-state index < -0.39 is 9.17 Å². The molecule has 0 amide bonds. The van der Waals surface area contributed by atoms with Crippen LogP contribution in [0.15, 0.2) is 0 Å². The van der Waals surface area contributed by atoms with E-state index >= 15 is 0 Å². The average Bonchev–Trinajstić information content (AvgIpc) is 0.811. The Morgan fingerprint density at radius 3 is 1.33 bits per heavy atom. The predicted octanol–water partition coefficient (Wildman–Crippen LogP) is -2.88. The van der Waals surface area contributed by atoms with Gasteiger partial charge in [-0.25, -0.2) is 0 Å². The van der Waals surface area contributed by atoms with E-state index in [1.807, 2.05) is 0 Å². The topological polar surface area (TPSA) is 63.2 Å². The van der Waals surface area contributed by atoms with Crippen LogP contribution in [-0.2, 0) is 63.0 Å². The third-order valence-corrected chi connectivity index (χ3v) is 0. The van der Waals surface area contributed by atoms with Crippen molar-refractivity contribution in [2.75, 3.05) is 0 Å². The molecule has 0 aromatic heterocycles. The molecule has 0 bridgehead atoms. The van der Waals surface area contributed by atoms with Gasteiger partial charge in [-0.2, -0.15) is 0 Å². The second-order valence-electron chi connectivity index (χ2n) is 0.250. The van der Waals surface area contributed by atoms with Crippen LogP contribution in [0.25, 0.3) is 0 Å². The molecule has 0 saturated heterocycles. The molecule has 0 aliphatic carbocycles. The fourth-order valence-corrected chi connectivity index (χ4v) is 0. The van der Waals surface area contributed by atoms with Crippen molar-refractivity contribution in [3.8, 4) is 0 Å². The Morgan fingerprint density at radius 2 is 1.33 bits per heavy atom. The summed E-state index contributed by atoms with van der Waals surface area (Å²) in [6.07, 6.45) is 0. The average molecular weight is 210 g/mol. The predicted molar refractivity (Wildman–Crippen MR) is 6.44 cm³/mol. The molecule has 0 atom stereocenters. The van der Waals surface area contributed by atoms with E-state index in [0.717, 1.165) is 0 Å². The summed E-state index contributed by atoms with van der Waals surface area (Å²) in [4.78, 5) is 17.0. The van der Waals surface area contributed by atoms with Crippen molar-refractivity contribution in [1.82, 2.24) is 0 Å².